The normalized spacial score (nSPS) is 34.5. The lowest BCUT2D eigenvalue weighted by Gasteiger charge is -2.39. The summed E-state index contributed by atoms with van der Waals surface area (Å²) in [7, 11) is 0. The van der Waals surface area contributed by atoms with Crippen LogP contribution in [-0.2, 0) is 22.5 Å². The van der Waals surface area contributed by atoms with Gasteiger partial charge in [0.25, 0.3) is 0 Å². The average molecular weight is 412 g/mol. The molecule has 0 saturated carbocycles. The number of benzene rings is 1. The summed E-state index contributed by atoms with van der Waals surface area (Å²) in [6.45, 7) is 2.56. The van der Waals surface area contributed by atoms with Gasteiger partial charge in [0.2, 0.25) is 0 Å². The molecule has 0 unspecified atom stereocenters. The van der Waals surface area contributed by atoms with Crippen LogP contribution in [0.3, 0.4) is 0 Å². The van der Waals surface area contributed by atoms with E-state index in [1.54, 1.807) is 13.0 Å². The third kappa shape index (κ3) is 3.85. The fourth-order valence-electron chi connectivity index (χ4n) is 4.13. The first kappa shape index (κ1) is 22.3. The molecule has 1 fully saturated rings. The SMILES string of the molecule is Cc1cc2c(c(CO)c1CCO[C@H]1O[C@@H](CO)[C@H](O)[C@H](O)[C@H]1O)C(=O)[C@H](C)[C@@H]2O. The van der Waals surface area contributed by atoms with E-state index in [9.17, 15) is 35.4 Å². The summed E-state index contributed by atoms with van der Waals surface area (Å²) in [5, 5.41) is 59.1. The summed E-state index contributed by atoms with van der Waals surface area (Å²) in [6.07, 6.45) is -7.42. The molecule has 9 nitrogen and oxygen atoms in total. The van der Waals surface area contributed by atoms with E-state index in [1.165, 1.54) is 0 Å². The maximum atomic E-state index is 12.5. The van der Waals surface area contributed by atoms with Crippen molar-refractivity contribution in [1.29, 1.82) is 0 Å². The van der Waals surface area contributed by atoms with E-state index in [2.05, 4.69) is 0 Å². The molecule has 0 amide bonds. The lowest BCUT2D eigenvalue weighted by atomic mass is 9.91. The van der Waals surface area contributed by atoms with Gasteiger partial charge in [0.05, 0.1) is 25.9 Å². The molecule has 1 aliphatic carbocycles. The Balaban J connectivity index is 1.76. The van der Waals surface area contributed by atoms with Crippen molar-refractivity contribution < 1.29 is 44.9 Å². The van der Waals surface area contributed by atoms with E-state index in [4.69, 9.17) is 9.47 Å². The third-order valence-corrected chi connectivity index (χ3v) is 5.90. The minimum atomic E-state index is -1.53. The predicted octanol–water partition coefficient (Wildman–Crippen LogP) is -1.29. The first-order valence-electron chi connectivity index (χ1n) is 9.63. The van der Waals surface area contributed by atoms with Gasteiger partial charge in [-0.15, -0.1) is 0 Å². The highest BCUT2D eigenvalue weighted by Gasteiger charge is 2.44. The summed E-state index contributed by atoms with van der Waals surface area (Å²) in [5.74, 6) is -0.789. The molecule has 3 rings (SSSR count). The van der Waals surface area contributed by atoms with Crippen LogP contribution in [0.25, 0.3) is 0 Å². The summed E-state index contributed by atoms with van der Waals surface area (Å²) < 4.78 is 10.8. The number of aliphatic hydroxyl groups is 6. The Labute approximate surface area is 168 Å². The van der Waals surface area contributed by atoms with Gasteiger partial charge in [0.1, 0.15) is 24.4 Å². The van der Waals surface area contributed by atoms with Crippen molar-refractivity contribution in [1.82, 2.24) is 0 Å². The molecule has 0 spiro atoms. The van der Waals surface area contributed by atoms with Crippen molar-refractivity contribution in [3.8, 4) is 0 Å². The van der Waals surface area contributed by atoms with Crippen LogP contribution < -0.4 is 0 Å². The minimum absolute atomic E-state index is 0.0294. The van der Waals surface area contributed by atoms with E-state index in [0.717, 1.165) is 5.56 Å². The number of fused-ring (bicyclic) bond motifs is 1. The molecule has 1 saturated heterocycles. The molecule has 29 heavy (non-hydrogen) atoms. The zero-order chi connectivity index (χ0) is 21.5. The molecule has 0 aromatic heterocycles. The topological polar surface area (TPSA) is 157 Å². The molecule has 1 aromatic rings. The monoisotopic (exact) mass is 412 g/mol. The Bertz CT molecular complexity index is 763. The fourth-order valence-corrected chi connectivity index (χ4v) is 4.13. The van der Waals surface area contributed by atoms with Crippen LogP contribution in [0.4, 0.5) is 0 Å². The summed E-state index contributed by atoms with van der Waals surface area (Å²) in [5.41, 5.74) is 2.80. The zero-order valence-corrected chi connectivity index (χ0v) is 16.4. The molecule has 7 atom stereocenters. The molecule has 9 heteroatoms. The van der Waals surface area contributed by atoms with E-state index in [0.29, 0.717) is 22.3 Å². The number of rotatable bonds is 6. The summed E-state index contributed by atoms with van der Waals surface area (Å²) in [4.78, 5) is 12.5. The van der Waals surface area contributed by atoms with Gasteiger partial charge in [-0.05, 0) is 35.6 Å². The van der Waals surface area contributed by atoms with Gasteiger partial charge in [-0.1, -0.05) is 13.0 Å². The van der Waals surface area contributed by atoms with Gasteiger partial charge >= 0.3 is 0 Å². The van der Waals surface area contributed by atoms with Gasteiger partial charge in [0.15, 0.2) is 12.1 Å². The average Bonchev–Trinajstić information content (AvgIpc) is 2.92. The van der Waals surface area contributed by atoms with Crippen molar-refractivity contribution in [2.24, 2.45) is 5.92 Å². The first-order chi connectivity index (χ1) is 13.7. The Kier molecular flexibility index (Phi) is 6.71. The number of hydrogen-bond acceptors (Lipinski definition) is 9. The maximum Gasteiger partial charge on any atom is 0.186 e. The van der Waals surface area contributed by atoms with Gasteiger partial charge < -0.3 is 40.1 Å². The number of ether oxygens (including phenoxy) is 2. The lowest BCUT2D eigenvalue weighted by Crippen LogP contribution is -2.59. The predicted molar refractivity (Wildman–Crippen MR) is 99.0 cm³/mol. The highest BCUT2D eigenvalue weighted by molar-refractivity contribution is 6.04. The van der Waals surface area contributed by atoms with Crippen molar-refractivity contribution in [2.45, 2.75) is 63.7 Å². The number of aryl methyl sites for hydroxylation is 1. The van der Waals surface area contributed by atoms with E-state index in [-0.39, 0.29) is 25.4 Å². The first-order valence-corrected chi connectivity index (χ1v) is 9.63. The molecule has 6 N–H and O–H groups in total. The van der Waals surface area contributed by atoms with E-state index >= 15 is 0 Å². The van der Waals surface area contributed by atoms with Crippen molar-refractivity contribution in [3.05, 3.63) is 33.9 Å². The molecule has 162 valence electrons. The van der Waals surface area contributed by atoms with Crippen LogP contribution in [-0.4, -0.2) is 80.3 Å². The standard InChI is InChI=1S/C20H28O9/c1-8-5-11-14(16(24)9(2)15(11)23)12(6-21)10(8)3-4-28-20-19(27)18(26)17(25)13(7-22)29-20/h5,9,13,15,17-23,25-27H,3-4,6-7H2,1-2H3/t9-,13+,15+,17+,18+,19-,20+/m1/s1. The van der Waals surface area contributed by atoms with Crippen LogP contribution in [0.5, 0.6) is 0 Å². The second kappa shape index (κ2) is 8.75. The molecular weight excluding hydrogens is 384 g/mol. The number of carbonyl (C=O) groups excluding carboxylic acids is 1. The Morgan fingerprint density at radius 3 is 2.38 bits per heavy atom. The number of hydrogen-bond donors (Lipinski definition) is 6. The number of ketones is 1. The molecule has 1 heterocycles. The van der Waals surface area contributed by atoms with Crippen molar-refractivity contribution in [3.63, 3.8) is 0 Å². The quantitative estimate of drug-likeness (QED) is 0.335. The number of Topliss-reactive ketones (excluding diaryl/α,β-unsaturated/α-hetero) is 1. The smallest absolute Gasteiger partial charge is 0.186 e. The molecule has 1 aliphatic heterocycles. The second-order valence-electron chi connectivity index (χ2n) is 7.69. The minimum Gasteiger partial charge on any atom is -0.394 e. The Hall–Kier alpha value is -1.43. The molecule has 1 aromatic carbocycles. The number of carbonyl (C=O) groups is 1. The second-order valence-corrected chi connectivity index (χ2v) is 7.69. The van der Waals surface area contributed by atoms with Crippen LogP contribution >= 0.6 is 0 Å². The third-order valence-electron chi connectivity index (χ3n) is 5.90. The summed E-state index contributed by atoms with van der Waals surface area (Å²) >= 11 is 0. The van der Waals surface area contributed by atoms with E-state index < -0.39 is 49.3 Å². The van der Waals surface area contributed by atoms with E-state index in [1.807, 2.05) is 6.92 Å². The van der Waals surface area contributed by atoms with Crippen LogP contribution in [0.15, 0.2) is 6.07 Å². The number of aliphatic hydroxyl groups excluding tert-OH is 6. The van der Waals surface area contributed by atoms with Crippen LogP contribution in [0, 0.1) is 12.8 Å². The molecule has 0 bridgehead atoms. The maximum absolute atomic E-state index is 12.5. The highest BCUT2D eigenvalue weighted by Crippen LogP contribution is 2.40. The molecule has 0 radical (unpaired) electrons. The van der Waals surface area contributed by atoms with Gasteiger partial charge in [-0.3, -0.25) is 4.79 Å². The molecule has 2 aliphatic rings. The van der Waals surface area contributed by atoms with Crippen LogP contribution in [0.1, 0.15) is 45.6 Å². The van der Waals surface area contributed by atoms with Gasteiger partial charge in [0, 0.05) is 11.5 Å². The van der Waals surface area contributed by atoms with Gasteiger partial charge in [-0.2, -0.15) is 0 Å². The Morgan fingerprint density at radius 1 is 1.07 bits per heavy atom. The van der Waals surface area contributed by atoms with Crippen LogP contribution in [0.2, 0.25) is 0 Å². The fraction of sp³-hybridized carbons (Fsp3) is 0.650. The van der Waals surface area contributed by atoms with Gasteiger partial charge in [-0.25, -0.2) is 0 Å². The zero-order valence-electron chi connectivity index (χ0n) is 16.4. The lowest BCUT2D eigenvalue weighted by molar-refractivity contribution is -0.300. The molecular formula is C20H28O9. The van der Waals surface area contributed by atoms with Crippen molar-refractivity contribution in [2.75, 3.05) is 13.2 Å². The highest BCUT2D eigenvalue weighted by atomic mass is 16.7. The Morgan fingerprint density at radius 2 is 1.76 bits per heavy atom. The van der Waals surface area contributed by atoms with Crippen molar-refractivity contribution >= 4 is 5.78 Å². The largest absolute Gasteiger partial charge is 0.394 e. The summed E-state index contributed by atoms with van der Waals surface area (Å²) in [6, 6.07) is 1.74.